The third-order valence-corrected chi connectivity index (χ3v) is 3.64. The van der Waals surface area contributed by atoms with Crippen molar-refractivity contribution in [1.82, 2.24) is 9.55 Å². The van der Waals surface area contributed by atoms with Gasteiger partial charge in [-0.1, -0.05) is 41.4 Å². The van der Waals surface area contributed by atoms with Crippen molar-refractivity contribution >= 4 is 33.7 Å². The molecule has 4 nitrogen and oxygen atoms in total. The molecule has 1 aromatic carbocycles. The second-order valence-electron chi connectivity index (χ2n) is 3.99. The first kappa shape index (κ1) is 17.6. The van der Waals surface area contributed by atoms with E-state index in [1.807, 2.05) is 13.8 Å². The lowest BCUT2D eigenvalue weighted by molar-refractivity contribution is -0.191. The van der Waals surface area contributed by atoms with Gasteiger partial charge in [0, 0.05) is 10.9 Å². The molecule has 0 fully saturated rings. The standard InChI is InChI=1S/C13H13BrClFN2.CO2/c1-3-10-13(15)18(12(4-2)17-10)11-6-5-8(14)7-9(11)16;2-1-3/h5-7H,3-4H2,1-2H3;. The molecule has 112 valence electrons. The first-order valence-electron chi connectivity index (χ1n) is 6.20. The third-order valence-electron chi connectivity index (χ3n) is 2.76. The number of halogens is 3. The van der Waals surface area contributed by atoms with Crippen LogP contribution in [0.1, 0.15) is 25.4 Å². The van der Waals surface area contributed by atoms with Crippen LogP contribution in [0.5, 0.6) is 0 Å². The highest BCUT2D eigenvalue weighted by atomic mass is 79.9. The quantitative estimate of drug-likeness (QED) is 0.815. The molecule has 0 aliphatic carbocycles. The third kappa shape index (κ3) is 4.00. The van der Waals surface area contributed by atoms with Gasteiger partial charge in [-0.25, -0.2) is 9.37 Å². The average molecular weight is 376 g/mol. The number of aryl methyl sites for hydroxylation is 2. The number of carbonyl (C=O) groups excluding carboxylic acids is 2. The monoisotopic (exact) mass is 374 g/mol. The van der Waals surface area contributed by atoms with Gasteiger partial charge in [0.15, 0.2) is 0 Å². The molecule has 0 aliphatic heterocycles. The van der Waals surface area contributed by atoms with E-state index in [-0.39, 0.29) is 12.0 Å². The predicted molar refractivity (Wildman–Crippen MR) is 80.0 cm³/mol. The lowest BCUT2D eigenvalue weighted by Gasteiger charge is -2.09. The fraction of sp³-hybridized carbons (Fsp3) is 0.286. The average Bonchev–Trinajstić information content (AvgIpc) is 2.76. The summed E-state index contributed by atoms with van der Waals surface area (Å²) >= 11 is 9.52. The second-order valence-corrected chi connectivity index (χ2v) is 5.26. The van der Waals surface area contributed by atoms with Crippen LogP contribution in [0.2, 0.25) is 5.15 Å². The normalized spacial score (nSPS) is 9.76. The molecule has 0 atom stereocenters. The zero-order valence-electron chi connectivity index (χ0n) is 11.5. The summed E-state index contributed by atoms with van der Waals surface area (Å²) in [7, 11) is 0. The van der Waals surface area contributed by atoms with Crippen molar-refractivity contribution in [1.29, 1.82) is 0 Å². The lowest BCUT2D eigenvalue weighted by atomic mass is 10.3. The van der Waals surface area contributed by atoms with Crippen LogP contribution in [-0.4, -0.2) is 15.7 Å². The topological polar surface area (TPSA) is 52.0 Å². The first-order chi connectivity index (χ1) is 9.99. The summed E-state index contributed by atoms with van der Waals surface area (Å²) < 4.78 is 16.4. The molecule has 0 spiro atoms. The Kier molecular flexibility index (Phi) is 6.75. The Morgan fingerprint density at radius 2 is 1.95 bits per heavy atom. The van der Waals surface area contributed by atoms with E-state index in [0.717, 1.165) is 17.9 Å². The van der Waals surface area contributed by atoms with Gasteiger partial charge in [0.25, 0.3) is 0 Å². The summed E-state index contributed by atoms with van der Waals surface area (Å²) in [5, 5.41) is 0.496. The summed E-state index contributed by atoms with van der Waals surface area (Å²) in [6, 6.07) is 4.92. The molecule has 21 heavy (non-hydrogen) atoms. The van der Waals surface area contributed by atoms with Crippen LogP contribution in [0.4, 0.5) is 4.39 Å². The van der Waals surface area contributed by atoms with Gasteiger partial charge in [-0.3, -0.25) is 4.57 Å². The largest absolute Gasteiger partial charge is 0.373 e. The molecule has 0 aliphatic rings. The number of aromatic nitrogens is 2. The Morgan fingerprint density at radius 3 is 2.43 bits per heavy atom. The summed E-state index contributed by atoms with van der Waals surface area (Å²) in [4.78, 5) is 20.7. The van der Waals surface area contributed by atoms with Crippen LogP contribution in [0.25, 0.3) is 5.69 Å². The Balaban J connectivity index is 0.000000677. The summed E-state index contributed by atoms with van der Waals surface area (Å²) in [6.07, 6.45) is 1.69. The van der Waals surface area contributed by atoms with Gasteiger partial charge in [0.2, 0.25) is 0 Å². The molecular formula is C14H13BrClFN2O2. The fourth-order valence-electron chi connectivity index (χ4n) is 1.86. The molecule has 0 saturated heterocycles. The van der Waals surface area contributed by atoms with E-state index < -0.39 is 0 Å². The smallest absolute Gasteiger partial charge is 0.284 e. The van der Waals surface area contributed by atoms with Crippen LogP contribution >= 0.6 is 27.5 Å². The molecule has 2 aromatic rings. The molecule has 0 bridgehead atoms. The summed E-state index contributed by atoms with van der Waals surface area (Å²) in [5.41, 5.74) is 1.24. The minimum Gasteiger partial charge on any atom is -0.284 e. The number of benzene rings is 1. The summed E-state index contributed by atoms with van der Waals surface area (Å²) in [5.74, 6) is 0.458. The van der Waals surface area contributed by atoms with E-state index in [9.17, 15) is 4.39 Å². The van der Waals surface area contributed by atoms with Crippen LogP contribution in [0, 0.1) is 5.82 Å². The first-order valence-corrected chi connectivity index (χ1v) is 7.37. The van der Waals surface area contributed by atoms with Gasteiger partial charge in [-0.2, -0.15) is 9.59 Å². The molecule has 0 amide bonds. The van der Waals surface area contributed by atoms with Crippen molar-refractivity contribution in [2.24, 2.45) is 0 Å². The highest BCUT2D eigenvalue weighted by molar-refractivity contribution is 9.10. The van der Waals surface area contributed by atoms with Crippen LogP contribution in [0.3, 0.4) is 0 Å². The van der Waals surface area contributed by atoms with Gasteiger partial charge in [0.05, 0.1) is 11.4 Å². The SMILES string of the molecule is CCc1nc(CC)n(-c2ccc(Br)cc2F)c1Cl.O=C=O. The fourth-order valence-corrected chi connectivity index (χ4v) is 2.56. The minimum atomic E-state index is -0.318. The number of hydrogen-bond acceptors (Lipinski definition) is 3. The molecule has 0 saturated carbocycles. The second kappa shape index (κ2) is 8.08. The van der Waals surface area contributed by atoms with Gasteiger partial charge >= 0.3 is 6.15 Å². The van der Waals surface area contributed by atoms with E-state index in [4.69, 9.17) is 21.2 Å². The number of rotatable bonds is 3. The van der Waals surface area contributed by atoms with Gasteiger partial charge in [-0.05, 0) is 24.6 Å². The van der Waals surface area contributed by atoms with Crippen molar-refractivity contribution in [3.8, 4) is 5.69 Å². The van der Waals surface area contributed by atoms with Gasteiger partial charge in [0.1, 0.15) is 16.8 Å². The van der Waals surface area contributed by atoms with E-state index in [1.165, 1.54) is 6.07 Å². The van der Waals surface area contributed by atoms with E-state index >= 15 is 0 Å². The maximum atomic E-state index is 14.0. The zero-order chi connectivity index (χ0) is 16.0. The molecule has 2 rings (SSSR count). The maximum absolute atomic E-state index is 14.0. The highest BCUT2D eigenvalue weighted by Gasteiger charge is 2.17. The number of hydrogen-bond donors (Lipinski definition) is 0. The Morgan fingerprint density at radius 1 is 1.33 bits per heavy atom. The minimum absolute atomic E-state index is 0.250. The van der Waals surface area contributed by atoms with Crippen molar-refractivity contribution in [3.05, 3.63) is 45.2 Å². The van der Waals surface area contributed by atoms with Crippen molar-refractivity contribution in [2.45, 2.75) is 26.7 Å². The zero-order valence-corrected chi connectivity index (χ0v) is 13.8. The van der Waals surface area contributed by atoms with Crippen molar-refractivity contribution in [3.63, 3.8) is 0 Å². The van der Waals surface area contributed by atoms with E-state index in [1.54, 1.807) is 16.7 Å². The highest BCUT2D eigenvalue weighted by Crippen LogP contribution is 2.27. The summed E-state index contributed by atoms with van der Waals surface area (Å²) in [6.45, 7) is 3.96. The van der Waals surface area contributed by atoms with Crippen LogP contribution in [0.15, 0.2) is 22.7 Å². The van der Waals surface area contributed by atoms with E-state index in [0.29, 0.717) is 21.7 Å². The molecule has 1 aromatic heterocycles. The van der Waals surface area contributed by atoms with E-state index in [2.05, 4.69) is 20.9 Å². The molecule has 0 N–H and O–H groups in total. The Hall–Kier alpha value is -1.49. The molecule has 7 heteroatoms. The van der Waals surface area contributed by atoms with Crippen LogP contribution < -0.4 is 0 Å². The Labute approximate surface area is 135 Å². The maximum Gasteiger partial charge on any atom is 0.373 e. The molecule has 0 radical (unpaired) electrons. The molecular weight excluding hydrogens is 363 g/mol. The van der Waals surface area contributed by atoms with Crippen LogP contribution in [-0.2, 0) is 22.4 Å². The van der Waals surface area contributed by atoms with Gasteiger partial charge in [-0.15, -0.1) is 0 Å². The van der Waals surface area contributed by atoms with Crippen molar-refractivity contribution in [2.75, 3.05) is 0 Å². The lowest BCUT2D eigenvalue weighted by Crippen LogP contribution is -2.02. The predicted octanol–water partition coefficient (Wildman–Crippen LogP) is 3.97. The van der Waals surface area contributed by atoms with Gasteiger partial charge < -0.3 is 0 Å². The molecule has 1 heterocycles. The number of imidazole rings is 1. The number of nitrogens with zero attached hydrogens (tertiary/aromatic N) is 2. The molecule has 0 unspecified atom stereocenters. The Bertz CT molecular complexity index is 667. The van der Waals surface area contributed by atoms with Crippen molar-refractivity contribution < 1.29 is 14.0 Å².